The van der Waals surface area contributed by atoms with Crippen LogP contribution in [0, 0.1) is 0 Å². The highest BCUT2D eigenvalue weighted by molar-refractivity contribution is 7.90. The minimum Gasteiger partial charge on any atom is -0.497 e. The number of methoxy groups -OCH3 is 2. The summed E-state index contributed by atoms with van der Waals surface area (Å²) < 4.78 is 63.2. The quantitative estimate of drug-likeness (QED) is 0.714. The number of ether oxygens (including phenoxy) is 2. The molecule has 0 spiro atoms. The van der Waals surface area contributed by atoms with E-state index >= 15 is 0 Å². The van der Waals surface area contributed by atoms with Gasteiger partial charge in [-0.25, -0.2) is 8.42 Å². The third kappa shape index (κ3) is 3.98. The molecule has 0 aliphatic rings. The molecule has 0 fully saturated rings. The van der Waals surface area contributed by atoms with Gasteiger partial charge >= 0.3 is 10.1 Å². The van der Waals surface area contributed by atoms with E-state index in [4.69, 9.17) is 13.7 Å². The van der Waals surface area contributed by atoms with Crippen LogP contribution in [0.1, 0.15) is 0 Å². The summed E-state index contributed by atoms with van der Waals surface area (Å²) in [5.74, 6) is 0.265. The zero-order valence-corrected chi connectivity index (χ0v) is 14.8. The van der Waals surface area contributed by atoms with Crippen molar-refractivity contribution in [2.45, 2.75) is 9.79 Å². The second-order valence-corrected chi connectivity index (χ2v) is 8.33. The SMILES string of the molecule is COc1ccc(OC)c(S(=O)(=O)Oc2cccc(S(C)(=O)=O)c2)c1. The van der Waals surface area contributed by atoms with Gasteiger partial charge in [0.2, 0.25) is 0 Å². The predicted octanol–water partition coefficient (Wildman–Crippen LogP) is 1.88. The van der Waals surface area contributed by atoms with E-state index in [0.717, 1.165) is 12.3 Å². The second kappa shape index (κ2) is 6.70. The third-order valence-corrected chi connectivity index (χ3v) is 5.46. The number of benzene rings is 2. The van der Waals surface area contributed by atoms with Crippen LogP contribution in [0.5, 0.6) is 17.2 Å². The predicted molar refractivity (Wildman–Crippen MR) is 86.9 cm³/mol. The van der Waals surface area contributed by atoms with Crippen molar-refractivity contribution in [2.24, 2.45) is 0 Å². The molecular formula is C15H16O7S2. The first-order valence-corrected chi connectivity index (χ1v) is 9.94. The second-order valence-electron chi connectivity index (χ2n) is 4.80. The molecule has 0 radical (unpaired) electrons. The Morgan fingerprint density at radius 2 is 1.54 bits per heavy atom. The maximum Gasteiger partial charge on any atom is 0.343 e. The minimum absolute atomic E-state index is 0.0483. The zero-order chi connectivity index (χ0) is 18.0. The third-order valence-electron chi connectivity index (χ3n) is 3.08. The van der Waals surface area contributed by atoms with Gasteiger partial charge in [-0.05, 0) is 24.3 Å². The molecule has 0 bridgehead atoms. The van der Waals surface area contributed by atoms with Gasteiger partial charge in [0, 0.05) is 18.4 Å². The molecule has 9 heteroatoms. The minimum atomic E-state index is -4.25. The Hall–Kier alpha value is -2.26. The molecule has 0 aliphatic heterocycles. The highest BCUT2D eigenvalue weighted by atomic mass is 32.2. The Labute approximate surface area is 140 Å². The fourth-order valence-electron chi connectivity index (χ4n) is 1.91. The van der Waals surface area contributed by atoms with Gasteiger partial charge in [0.25, 0.3) is 0 Å². The molecule has 2 rings (SSSR count). The number of rotatable bonds is 6. The van der Waals surface area contributed by atoms with Crippen molar-refractivity contribution >= 4 is 20.0 Å². The summed E-state index contributed by atoms with van der Waals surface area (Å²) in [6.45, 7) is 0. The molecule has 0 atom stereocenters. The lowest BCUT2D eigenvalue weighted by Gasteiger charge is -2.12. The Morgan fingerprint density at radius 3 is 2.12 bits per heavy atom. The lowest BCUT2D eigenvalue weighted by Crippen LogP contribution is -2.12. The van der Waals surface area contributed by atoms with E-state index in [-0.39, 0.29) is 21.3 Å². The van der Waals surface area contributed by atoms with Crippen LogP contribution in [0.25, 0.3) is 0 Å². The van der Waals surface area contributed by atoms with Crippen LogP contribution in [-0.4, -0.2) is 37.3 Å². The molecule has 0 saturated carbocycles. The lowest BCUT2D eigenvalue weighted by atomic mass is 10.3. The van der Waals surface area contributed by atoms with E-state index in [1.165, 1.54) is 44.6 Å². The Morgan fingerprint density at radius 1 is 0.833 bits per heavy atom. The average Bonchev–Trinajstić information content (AvgIpc) is 2.53. The number of hydrogen-bond acceptors (Lipinski definition) is 7. The molecule has 0 unspecified atom stereocenters. The van der Waals surface area contributed by atoms with Crippen molar-refractivity contribution in [3.63, 3.8) is 0 Å². The molecule has 2 aromatic rings. The summed E-state index contributed by atoms with van der Waals surface area (Å²) in [5.41, 5.74) is 0. The summed E-state index contributed by atoms with van der Waals surface area (Å²) in [7, 11) is -5.02. The van der Waals surface area contributed by atoms with Crippen molar-refractivity contribution in [2.75, 3.05) is 20.5 Å². The zero-order valence-electron chi connectivity index (χ0n) is 13.2. The van der Waals surface area contributed by atoms with Crippen molar-refractivity contribution in [3.05, 3.63) is 42.5 Å². The Bertz CT molecular complexity index is 948. The normalized spacial score (nSPS) is 11.8. The van der Waals surface area contributed by atoms with Crippen LogP contribution in [0.2, 0.25) is 0 Å². The topological polar surface area (TPSA) is 96.0 Å². The molecule has 0 saturated heterocycles. The Balaban J connectivity index is 2.46. The summed E-state index contributed by atoms with van der Waals surface area (Å²) in [5, 5.41) is 0. The highest BCUT2D eigenvalue weighted by Crippen LogP contribution is 2.31. The Kier molecular flexibility index (Phi) is 5.05. The van der Waals surface area contributed by atoms with Crippen molar-refractivity contribution in [3.8, 4) is 17.2 Å². The summed E-state index contributed by atoms with van der Waals surface area (Å²) in [6, 6.07) is 9.46. The molecule has 130 valence electrons. The van der Waals surface area contributed by atoms with Gasteiger partial charge in [-0.1, -0.05) is 6.07 Å². The molecule has 7 nitrogen and oxygen atoms in total. The molecule has 0 N–H and O–H groups in total. The maximum atomic E-state index is 12.5. The van der Waals surface area contributed by atoms with Gasteiger partial charge in [-0.2, -0.15) is 8.42 Å². The molecule has 0 heterocycles. The van der Waals surface area contributed by atoms with Crippen LogP contribution in [-0.2, 0) is 20.0 Å². The molecule has 0 aliphatic carbocycles. The van der Waals surface area contributed by atoms with E-state index in [1.54, 1.807) is 6.07 Å². The van der Waals surface area contributed by atoms with Crippen LogP contribution in [0.4, 0.5) is 0 Å². The smallest absolute Gasteiger partial charge is 0.343 e. The van der Waals surface area contributed by atoms with Gasteiger partial charge in [0.15, 0.2) is 14.7 Å². The maximum absolute atomic E-state index is 12.5. The number of sulfone groups is 1. The molecule has 0 aromatic heterocycles. The van der Waals surface area contributed by atoms with Crippen LogP contribution in [0.3, 0.4) is 0 Å². The van der Waals surface area contributed by atoms with Gasteiger partial charge in [-0.15, -0.1) is 0 Å². The average molecular weight is 372 g/mol. The molecular weight excluding hydrogens is 356 g/mol. The van der Waals surface area contributed by atoms with Gasteiger partial charge < -0.3 is 13.7 Å². The van der Waals surface area contributed by atoms with Gasteiger partial charge in [-0.3, -0.25) is 0 Å². The fourth-order valence-corrected chi connectivity index (χ4v) is 3.67. The van der Waals surface area contributed by atoms with Gasteiger partial charge in [0.05, 0.1) is 19.1 Å². The van der Waals surface area contributed by atoms with Crippen LogP contribution >= 0.6 is 0 Å². The van der Waals surface area contributed by atoms with E-state index in [1.807, 2.05) is 0 Å². The van der Waals surface area contributed by atoms with Crippen LogP contribution in [0.15, 0.2) is 52.3 Å². The van der Waals surface area contributed by atoms with Crippen molar-refractivity contribution < 1.29 is 30.5 Å². The van der Waals surface area contributed by atoms with Gasteiger partial charge in [0.1, 0.15) is 17.2 Å². The van der Waals surface area contributed by atoms with Crippen molar-refractivity contribution in [1.82, 2.24) is 0 Å². The summed E-state index contributed by atoms with van der Waals surface area (Å²) in [6.07, 6.45) is 1.02. The first kappa shape index (κ1) is 18.1. The molecule has 2 aromatic carbocycles. The van der Waals surface area contributed by atoms with E-state index in [2.05, 4.69) is 0 Å². The van der Waals surface area contributed by atoms with E-state index < -0.39 is 20.0 Å². The van der Waals surface area contributed by atoms with E-state index in [0.29, 0.717) is 5.75 Å². The molecule has 0 amide bonds. The standard InChI is InChI=1S/C15H16O7S2/c1-20-11-7-8-14(21-2)15(10-11)24(18,19)22-12-5-4-6-13(9-12)23(3,16)17/h4-10H,1-3H3. The first-order valence-electron chi connectivity index (χ1n) is 6.64. The van der Waals surface area contributed by atoms with Crippen LogP contribution < -0.4 is 13.7 Å². The monoisotopic (exact) mass is 372 g/mol. The lowest BCUT2D eigenvalue weighted by molar-refractivity contribution is 0.388. The summed E-state index contributed by atoms with van der Waals surface area (Å²) >= 11 is 0. The summed E-state index contributed by atoms with van der Waals surface area (Å²) in [4.78, 5) is -0.276. The largest absolute Gasteiger partial charge is 0.497 e. The van der Waals surface area contributed by atoms with Crippen molar-refractivity contribution in [1.29, 1.82) is 0 Å². The highest BCUT2D eigenvalue weighted by Gasteiger charge is 2.23. The van der Waals surface area contributed by atoms with E-state index in [9.17, 15) is 16.8 Å². The molecule has 24 heavy (non-hydrogen) atoms. The fraction of sp³-hybridized carbons (Fsp3) is 0.200. The number of hydrogen-bond donors (Lipinski definition) is 0. The first-order chi connectivity index (χ1) is 11.2.